The fourth-order valence-corrected chi connectivity index (χ4v) is 0.694. The lowest BCUT2D eigenvalue weighted by atomic mass is 10.5. The monoisotopic (exact) mass is 226 g/mol. The van der Waals surface area contributed by atoms with E-state index in [-0.39, 0.29) is 5.97 Å². The quantitative estimate of drug-likeness (QED) is 0.470. The minimum atomic E-state index is -0.349. The Morgan fingerprint density at radius 1 is 1.56 bits per heavy atom. The van der Waals surface area contributed by atoms with Gasteiger partial charge in [-0.25, -0.2) is 9.78 Å². The summed E-state index contributed by atoms with van der Waals surface area (Å²) in [4.78, 5) is 17.0. The van der Waals surface area contributed by atoms with Crippen LogP contribution in [0.25, 0.3) is 0 Å². The van der Waals surface area contributed by atoms with Crippen LogP contribution in [-0.2, 0) is 9.53 Å². The van der Waals surface area contributed by atoms with Crippen molar-refractivity contribution in [2.75, 3.05) is 34.3 Å². The topological polar surface area (TPSA) is 55.0 Å². The standard InChI is InChI=1S/C8H16NO2.C3H4N2/c1-5-8(10)11-7-6-9(2,3)4;1-2-5-3-4-1/h5H,1,6-7H2,2-4H3;1-3H,(H,4,5)/q+1;. The second kappa shape index (κ2) is 7.64. The van der Waals surface area contributed by atoms with Crippen molar-refractivity contribution in [1.82, 2.24) is 9.97 Å². The average molecular weight is 226 g/mol. The van der Waals surface area contributed by atoms with Gasteiger partial charge in [-0.15, -0.1) is 0 Å². The summed E-state index contributed by atoms with van der Waals surface area (Å²) in [7, 11) is 6.13. The summed E-state index contributed by atoms with van der Waals surface area (Å²) in [6, 6.07) is 0. The lowest BCUT2D eigenvalue weighted by Gasteiger charge is -2.23. The number of imidazole rings is 1. The Bertz CT molecular complexity index is 271. The van der Waals surface area contributed by atoms with Crippen LogP contribution in [0.5, 0.6) is 0 Å². The van der Waals surface area contributed by atoms with E-state index >= 15 is 0 Å². The maximum absolute atomic E-state index is 10.6. The van der Waals surface area contributed by atoms with E-state index in [9.17, 15) is 4.79 Å². The first-order valence-electron chi connectivity index (χ1n) is 4.98. The van der Waals surface area contributed by atoms with Gasteiger partial charge >= 0.3 is 5.97 Å². The minimum absolute atomic E-state index is 0.349. The molecule has 90 valence electrons. The normalized spacial score (nSPS) is 9.94. The number of nitrogens with one attached hydrogen (secondary N) is 1. The molecule has 0 aliphatic heterocycles. The number of likely N-dealkylation sites (N-methyl/N-ethyl adjacent to an activating group) is 1. The van der Waals surface area contributed by atoms with Crippen LogP contribution < -0.4 is 0 Å². The van der Waals surface area contributed by atoms with Crippen LogP contribution in [0.3, 0.4) is 0 Å². The van der Waals surface area contributed by atoms with Gasteiger partial charge in [0.2, 0.25) is 0 Å². The Morgan fingerprint density at radius 3 is 2.56 bits per heavy atom. The Hall–Kier alpha value is -1.62. The van der Waals surface area contributed by atoms with E-state index in [0.717, 1.165) is 11.0 Å². The van der Waals surface area contributed by atoms with E-state index < -0.39 is 0 Å². The second-order valence-electron chi connectivity index (χ2n) is 4.15. The van der Waals surface area contributed by atoms with E-state index in [0.29, 0.717) is 6.61 Å². The van der Waals surface area contributed by atoms with Crippen LogP contribution >= 0.6 is 0 Å². The molecule has 1 heterocycles. The highest BCUT2D eigenvalue weighted by Gasteiger charge is 2.06. The second-order valence-corrected chi connectivity index (χ2v) is 4.15. The fourth-order valence-electron chi connectivity index (χ4n) is 0.694. The molecule has 5 heteroatoms. The van der Waals surface area contributed by atoms with E-state index in [1.165, 1.54) is 6.08 Å². The van der Waals surface area contributed by atoms with Crippen molar-refractivity contribution in [2.24, 2.45) is 0 Å². The molecular formula is C11H20N3O2+. The molecule has 0 saturated carbocycles. The van der Waals surface area contributed by atoms with Crippen molar-refractivity contribution in [3.63, 3.8) is 0 Å². The van der Waals surface area contributed by atoms with Crippen molar-refractivity contribution >= 4 is 5.97 Å². The number of rotatable bonds is 4. The summed E-state index contributed by atoms with van der Waals surface area (Å²) >= 11 is 0. The third-order valence-corrected chi connectivity index (χ3v) is 1.58. The van der Waals surface area contributed by atoms with Gasteiger partial charge in [0.25, 0.3) is 0 Å². The molecule has 0 spiro atoms. The first kappa shape index (κ1) is 14.4. The predicted octanol–water partition coefficient (Wildman–Crippen LogP) is 0.831. The van der Waals surface area contributed by atoms with Crippen LogP contribution in [0.2, 0.25) is 0 Å². The highest BCUT2D eigenvalue weighted by atomic mass is 16.5. The van der Waals surface area contributed by atoms with Crippen molar-refractivity contribution < 1.29 is 14.0 Å². The Kier molecular flexibility index (Phi) is 6.87. The maximum Gasteiger partial charge on any atom is 0.330 e. The molecule has 0 fully saturated rings. The minimum Gasteiger partial charge on any atom is -0.457 e. The number of carbonyl (C=O) groups excluding carboxylic acids is 1. The SMILES string of the molecule is C=CC(=O)OCC[N+](C)(C)C.c1c[nH]cn1. The predicted molar refractivity (Wildman–Crippen MR) is 62.6 cm³/mol. The summed E-state index contributed by atoms with van der Waals surface area (Å²) in [6.45, 7) is 4.57. The van der Waals surface area contributed by atoms with Crippen molar-refractivity contribution in [3.05, 3.63) is 31.4 Å². The summed E-state index contributed by atoms with van der Waals surface area (Å²) in [5.74, 6) is -0.349. The summed E-state index contributed by atoms with van der Waals surface area (Å²) in [5.41, 5.74) is 0. The molecule has 0 atom stereocenters. The van der Waals surface area contributed by atoms with Crippen LogP contribution in [0.15, 0.2) is 31.4 Å². The first-order valence-corrected chi connectivity index (χ1v) is 4.98. The smallest absolute Gasteiger partial charge is 0.330 e. The van der Waals surface area contributed by atoms with Crippen molar-refractivity contribution in [3.8, 4) is 0 Å². The Balaban J connectivity index is 0.000000368. The molecule has 0 unspecified atom stereocenters. The molecule has 5 nitrogen and oxygen atoms in total. The largest absolute Gasteiger partial charge is 0.457 e. The van der Waals surface area contributed by atoms with Crippen molar-refractivity contribution in [1.29, 1.82) is 0 Å². The molecule has 1 N–H and O–H groups in total. The van der Waals surface area contributed by atoms with Crippen LogP contribution in [0.4, 0.5) is 0 Å². The first-order chi connectivity index (χ1) is 7.45. The van der Waals surface area contributed by atoms with Gasteiger partial charge in [-0.3, -0.25) is 0 Å². The van der Waals surface area contributed by atoms with Crippen LogP contribution in [0.1, 0.15) is 0 Å². The zero-order chi connectivity index (χ0) is 12.4. The number of hydrogen-bond acceptors (Lipinski definition) is 3. The number of carbonyl (C=O) groups is 1. The van der Waals surface area contributed by atoms with Crippen molar-refractivity contribution in [2.45, 2.75) is 0 Å². The molecule has 0 saturated heterocycles. The molecular weight excluding hydrogens is 206 g/mol. The molecule has 0 aromatic carbocycles. The highest BCUT2D eigenvalue weighted by molar-refractivity contribution is 5.81. The van der Waals surface area contributed by atoms with Gasteiger partial charge in [-0.05, 0) is 0 Å². The van der Waals surface area contributed by atoms with E-state index in [4.69, 9.17) is 4.74 Å². The number of esters is 1. The van der Waals surface area contributed by atoms with Gasteiger partial charge in [0, 0.05) is 18.5 Å². The maximum atomic E-state index is 10.6. The zero-order valence-corrected chi connectivity index (χ0v) is 10.1. The fraction of sp³-hybridized carbons (Fsp3) is 0.455. The lowest BCUT2D eigenvalue weighted by molar-refractivity contribution is -0.870. The van der Waals surface area contributed by atoms with Crippen LogP contribution in [0, 0.1) is 0 Å². The number of nitrogens with zero attached hydrogens (tertiary/aromatic N) is 2. The van der Waals surface area contributed by atoms with Crippen LogP contribution in [-0.4, -0.2) is 54.7 Å². The third kappa shape index (κ3) is 10.5. The lowest BCUT2D eigenvalue weighted by Crippen LogP contribution is -2.37. The van der Waals surface area contributed by atoms with Gasteiger partial charge in [0.05, 0.1) is 27.5 Å². The molecule has 0 radical (unpaired) electrons. The molecule has 1 aromatic rings. The van der Waals surface area contributed by atoms with E-state index in [1.54, 1.807) is 18.7 Å². The molecule has 1 rings (SSSR count). The van der Waals surface area contributed by atoms with Gasteiger partial charge in [0.1, 0.15) is 13.2 Å². The number of hydrogen-bond donors (Lipinski definition) is 1. The zero-order valence-electron chi connectivity index (χ0n) is 10.1. The number of ether oxygens (including phenoxy) is 1. The Labute approximate surface area is 96.3 Å². The molecule has 0 amide bonds. The number of H-pyrrole nitrogens is 1. The summed E-state index contributed by atoms with van der Waals surface area (Å²) in [6.07, 6.45) is 6.26. The molecule has 0 bridgehead atoms. The van der Waals surface area contributed by atoms with Gasteiger partial charge in [-0.2, -0.15) is 0 Å². The molecule has 16 heavy (non-hydrogen) atoms. The van der Waals surface area contributed by atoms with E-state index in [2.05, 4.69) is 16.5 Å². The van der Waals surface area contributed by atoms with E-state index in [1.807, 2.05) is 21.1 Å². The molecule has 1 aromatic heterocycles. The summed E-state index contributed by atoms with van der Waals surface area (Å²) in [5, 5.41) is 0. The van der Waals surface area contributed by atoms with Gasteiger partial charge in [0.15, 0.2) is 0 Å². The average Bonchev–Trinajstić information content (AvgIpc) is 2.73. The number of quaternary nitrogens is 1. The molecule has 0 aliphatic carbocycles. The number of aromatic amines is 1. The third-order valence-electron chi connectivity index (χ3n) is 1.58. The summed E-state index contributed by atoms with van der Waals surface area (Å²) < 4.78 is 5.59. The van der Waals surface area contributed by atoms with Gasteiger partial charge in [-0.1, -0.05) is 6.58 Å². The highest BCUT2D eigenvalue weighted by Crippen LogP contribution is 1.89. The molecule has 0 aliphatic rings. The Morgan fingerprint density at radius 2 is 2.25 bits per heavy atom. The van der Waals surface area contributed by atoms with Gasteiger partial charge < -0.3 is 14.2 Å². The number of aromatic nitrogens is 2.